The van der Waals surface area contributed by atoms with Crippen LogP contribution in [0.1, 0.15) is 48.0 Å². The van der Waals surface area contributed by atoms with E-state index in [-0.39, 0.29) is 5.60 Å². The minimum atomic E-state index is 0.00282. The van der Waals surface area contributed by atoms with Gasteiger partial charge in [0.2, 0.25) is 0 Å². The van der Waals surface area contributed by atoms with Crippen LogP contribution in [-0.2, 0) is 4.74 Å². The maximum atomic E-state index is 5.79. The topological polar surface area (TPSA) is 9.23 Å². The summed E-state index contributed by atoms with van der Waals surface area (Å²) in [5, 5.41) is 0. The maximum absolute atomic E-state index is 5.79. The lowest BCUT2D eigenvalue weighted by molar-refractivity contribution is -0.0733. The summed E-state index contributed by atoms with van der Waals surface area (Å²) < 4.78 is 5.79. The van der Waals surface area contributed by atoms with Crippen LogP contribution in [0.15, 0.2) is 0 Å². The zero-order valence-corrected chi connectivity index (χ0v) is 8.77. The molecule has 11 heavy (non-hydrogen) atoms. The van der Waals surface area contributed by atoms with Gasteiger partial charge in [0.25, 0.3) is 0 Å². The zero-order chi connectivity index (χ0) is 9.07. The molecule has 2 unspecified atom stereocenters. The van der Waals surface area contributed by atoms with E-state index in [0.717, 1.165) is 0 Å². The molecule has 0 aromatic heterocycles. The van der Waals surface area contributed by atoms with Gasteiger partial charge in [0.15, 0.2) is 0 Å². The van der Waals surface area contributed by atoms with Crippen LogP contribution >= 0.6 is 0 Å². The number of rotatable bonds is 3. The third-order valence-electron chi connectivity index (χ3n) is 1.98. The molecule has 0 rings (SSSR count). The van der Waals surface area contributed by atoms with Crippen LogP contribution in [0.3, 0.4) is 0 Å². The summed E-state index contributed by atoms with van der Waals surface area (Å²) in [5.74, 6) is 0.661. The van der Waals surface area contributed by atoms with Crippen molar-refractivity contribution in [3.05, 3.63) is 0 Å². The number of hydrogen-bond acceptors (Lipinski definition) is 1. The van der Waals surface area contributed by atoms with Gasteiger partial charge in [-0.15, -0.1) is 0 Å². The van der Waals surface area contributed by atoms with E-state index in [0.29, 0.717) is 12.0 Å². The van der Waals surface area contributed by atoms with Gasteiger partial charge in [0.1, 0.15) is 0 Å². The quantitative estimate of drug-likeness (QED) is 0.612. The van der Waals surface area contributed by atoms with Crippen LogP contribution in [-0.4, -0.2) is 11.7 Å². The van der Waals surface area contributed by atoms with Gasteiger partial charge in [-0.05, 0) is 33.6 Å². The third-order valence-corrected chi connectivity index (χ3v) is 1.98. The first kappa shape index (κ1) is 11.0. The van der Waals surface area contributed by atoms with Crippen molar-refractivity contribution in [2.24, 2.45) is 5.92 Å². The van der Waals surface area contributed by atoms with Gasteiger partial charge in [0.05, 0.1) is 11.7 Å². The predicted molar refractivity (Wildman–Crippen MR) is 49.8 cm³/mol. The van der Waals surface area contributed by atoms with Crippen molar-refractivity contribution in [2.75, 3.05) is 0 Å². The highest BCUT2D eigenvalue weighted by Crippen LogP contribution is 2.17. The molecule has 0 saturated heterocycles. The molecule has 0 fully saturated rings. The summed E-state index contributed by atoms with van der Waals surface area (Å²) in [4.78, 5) is 0. The Morgan fingerprint density at radius 1 is 1.18 bits per heavy atom. The Labute approximate surface area is 71.1 Å². The third kappa shape index (κ3) is 5.25. The van der Waals surface area contributed by atoms with E-state index >= 15 is 0 Å². The van der Waals surface area contributed by atoms with Crippen LogP contribution in [0.2, 0.25) is 0 Å². The average Bonchev–Trinajstić information content (AvgIpc) is 1.82. The molecular formula is C10H22O. The molecule has 0 heterocycles. The van der Waals surface area contributed by atoms with Crippen LogP contribution in [0.4, 0.5) is 0 Å². The molecule has 0 bridgehead atoms. The van der Waals surface area contributed by atoms with E-state index < -0.39 is 0 Å². The Kier molecular flexibility index (Phi) is 4.09. The van der Waals surface area contributed by atoms with E-state index in [1.165, 1.54) is 6.42 Å². The Balaban J connectivity index is 3.77. The zero-order valence-electron chi connectivity index (χ0n) is 8.77. The average molecular weight is 158 g/mol. The first-order valence-corrected chi connectivity index (χ1v) is 4.54. The highest BCUT2D eigenvalue weighted by molar-refractivity contribution is 4.66. The van der Waals surface area contributed by atoms with Crippen molar-refractivity contribution >= 4 is 0 Å². The van der Waals surface area contributed by atoms with E-state index in [1.807, 2.05) is 0 Å². The molecule has 1 nitrogen and oxygen atoms in total. The summed E-state index contributed by atoms with van der Waals surface area (Å²) in [6.45, 7) is 12.9. The van der Waals surface area contributed by atoms with E-state index in [9.17, 15) is 0 Å². The first-order valence-electron chi connectivity index (χ1n) is 4.54. The highest BCUT2D eigenvalue weighted by Gasteiger charge is 2.18. The second kappa shape index (κ2) is 4.10. The Morgan fingerprint density at radius 3 is 1.91 bits per heavy atom. The van der Waals surface area contributed by atoms with Crippen molar-refractivity contribution < 1.29 is 4.74 Å². The molecule has 0 aliphatic carbocycles. The Hall–Kier alpha value is -0.0400. The lowest BCUT2D eigenvalue weighted by Crippen LogP contribution is -2.29. The summed E-state index contributed by atoms with van der Waals surface area (Å²) in [7, 11) is 0. The van der Waals surface area contributed by atoms with E-state index in [2.05, 4.69) is 41.5 Å². The molecule has 0 saturated carbocycles. The minimum Gasteiger partial charge on any atom is -0.373 e. The molecule has 0 amide bonds. The molecule has 0 aromatic rings. The van der Waals surface area contributed by atoms with Crippen molar-refractivity contribution in [1.29, 1.82) is 0 Å². The fraction of sp³-hybridized carbons (Fsp3) is 1.00. The molecule has 1 heteroatoms. The molecule has 0 N–H and O–H groups in total. The predicted octanol–water partition coefficient (Wildman–Crippen LogP) is 3.24. The minimum absolute atomic E-state index is 0.00282. The summed E-state index contributed by atoms with van der Waals surface area (Å²) in [6, 6.07) is 0. The van der Waals surface area contributed by atoms with E-state index in [1.54, 1.807) is 0 Å². The molecular weight excluding hydrogens is 136 g/mol. The van der Waals surface area contributed by atoms with Gasteiger partial charge in [-0.25, -0.2) is 0 Å². The Bertz CT molecular complexity index is 102. The molecule has 0 aromatic carbocycles. The number of ether oxygens (including phenoxy) is 1. The molecule has 0 aliphatic rings. The van der Waals surface area contributed by atoms with Crippen LogP contribution < -0.4 is 0 Å². The van der Waals surface area contributed by atoms with Gasteiger partial charge in [-0.3, -0.25) is 0 Å². The van der Waals surface area contributed by atoms with Gasteiger partial charge in [-0.1, -0.05) is 20.3 Å². The second-order valence-corrected chi connectivity index (χ2v) is 4.32. The normalized spacial score (nSPS) is 18.0. The molecule has 2 atom stereocenters. The van der Waals surface area contributed by atoms with Gasteiger partial charge >= 0.3 is 0 Å². The van der Waals surface area contributed by atoms with Crippen molar-refractivity contribution in [3.63, 3.8) is 0 Å². The summed E-state index contributed by atoms with van der Waals surface area (Å²) in [6.07, 6.45) is 1.57. The molecule has 0 spiro atoms. The standard InChI is InChI=1S/C10H22O/c1-7-8(2)9(3)11-10(4,5)6/h8-9H,7H2,1-6H3. The van der Waals surface area contributed by atoms with Crippen LogP contribution in [0.5, 0.6) is 0 Å². The first-order chi connectivity index (χ1) is 4.87. The highest BCUT2D eigenvalue weighted by atomic mass is 16.5. The van der Waals surface area contributed by atoms with Crippen molar-refractivity contribution in [1.82, 2.24) is 0 Å². The maximum Gasteiger partial charge on any atom is 0.0602 e. The van der Waals surface area contributed by atoms with Gasteiger partial charge in [0, 0.05) is 0 Å². The van der Waals surface area contributed by atoms with Crippen molar-refractivity contribution in [3.8, 4) is 0 Å². The fourth-order valence-corrected chi connectivity index (χ4v) is 1.01. The lowest BCUT2D eigenvalue weighted by atomic mass is 10.0. The van der Waals surface area contributed by atoms with Gasteiger partial charge < -0.3 is 4.74 Å². The second-order valence-electron chi connectivity index (χ2n) is 4.32. The molecule has 68 valence electrons. The van der Waals surface area contributed by atoms with Crippen LogP contribution in [0, 0.1) is 5.92 Å². The lowest BCUT2D eigenvalue weighted by Gasteiger charge is -2.28. The summed E-state index contributed by atoms with van der Waals surface area (Å²) >= 11 is 0. The molecule has 0 radical (unpaired) electrons. The number of hydrogen-bond donors (Lipinski definition) is 0. The Morgan fingerprint density at radius 2 is 1.64 bits per heavy atom. The summed E-state index contributed by atoms with van der Waals surface area (Å²) in [5.41, 5.74) is 0.00282. The van der Waals surface area contributed by atoms with Crippen molar-refractivity contribution in [2.45, 2.75) is 59.7 Å². The largest absolute Gasteiger partial charge is 0.373 e. The van der Waals surface area contributed by atoms with Crippen LogP contribution in [0.25, 0.3) is 0 Å². The SMILES string of the molecule is CCC(C)C(C)OC(C)(C)C. The molecule has 0 aliphatic heterocycles. The monoisotopic (exact) mass is 158 g/mol. The fourth-order valence-electron chi connectivity index (χ4n) is 1.01. The van der Waals surface area contributed by atoms with E-state index in [4.69, 9.17) is 4.74 Å². The smallest absolute Gasteiger partial charge is 0.0602 e. The van der Waals surface area contributed by atoms with Gasteiger partial charge in [-0.2, -0.15) is 0 Å².